The van der Waals surface area contributed by atoms with Crippen molar-refractivity contribution in [3.8, 4) is 0 Å². The lowest BCUT2D eigenvalue weighted by Gasteiger charge is -2.15. The van der Waals surface area contributed by atoms with Gasteiger partial charge >= 0.3 is 0 Å². The van der Waals surface area contributed by atoms with Crippen LogP contribution in [0.3, 0.4) is 0 Å². The molecule has 0 heterocycles. The van der Waals surface area contributed by atoms with Gasteiger partial charge in [0.1, 0.15) is 6.17 Å². The van der Waals surface area contributed by atoms with Crippen LogP contribution in [0, 0.1) is 5.41 Å². The molecule has 3 nitrogen and oxygen atoms in total. The summed E-state index contributed by atoms with van der Waals surface area (Å²) in [5.74, 6) is 0. The molecule has 10 heavy (non-hydrogen) atoms. The molecular formula is C5H9FINO2. The Morgan fingerprint density at radius 1 is 1.70 bits per heavy atom. The molecule has 0 bridgehead atoms. The van der Waals surface area contributed by atoms with E-state index < -0.39 is 22.8 Å². The fraction of sp³-hybridized carbons (Fsp3) is 0.800. The van der Waals surface area contributed by atoms with E-state index in [1.165, 1.54) is 0 Å². The Morgan fingerprint density at radius 3 is 2.50 bits per heavy atom. The van der Waals surface area contributed by atoms with E-state index in [1.54, 1.807) is 22.6 Å². The Labute approximate surface area is 71.9 Å². The minimum Gasteiger partial charge on any atom is -0.394 e. The number of hydrogen-bond donors (Lipinski definition) is 3. The van der Waals surface area contributed by atoms with Crippen molar-refractivity contribution < 1.29 is 14.6 Å². The van der Waals surface area contributed by atoms with Gasteiger partial charge < -0.3 is 15.6 Å². The van der Waals surface area contributed by atoms with Crippen molar-refractivity contribution in [2.24, 2.45) is 0 Å². The minimum absolute atomic E-state index is 0.470. The number of halogens is 2. The average Bonchev–Trinajstić information content (AvgIpc) is 2.00. The summed E-state index contributed by atoms with van der Waals surface area (Å²) in [6.07, 6.45) is -1.96. The van der Waals surface area contributed by atoms with Crippen LogP contribution in [0.4, 0.5) is 4.39 Å². The van der Waals surface area contributed by atoms with Crippen molar-refractivity contribution in [3.05, 3.63) is 0 Å². The molecule has 0 aliphatic carbocycles. The molecule has 3 N–H and O–H groups in total. The van der Waals surface area contributed by atoms with Crippen LogP contribution in [-0.4, -0.2) is 39.2 Å². The van der Waals surface area contributed by atoms with Gasteiger partial charge in [-0.05, 0) is 0 Å². The summed E-state index contributed by atoms with van der Waals surface area (Å²) >= 11 is 1.66. The van der Waals surface area contributed by atoms with Gasteiger partial charge in [0, 0.05) is 6.21 Å². The molecular weight excluding hydrogens is 252 g/mol. The smallest absolute Gasteiger partial charge is 0.149 e. The Balaban J connectivity index is 3.80. The molecule has 0 radical (unpaired) electrons. The normalized spacial score (nSPS) is 19.6. The Kier molecular flexibility index (Phi) is 5.10. The van der Waals surface area contributed by atoms with Crippen molar-refractivity contribution in [1.29, 1.82) is 5.41 Å². The standard InChI is InChI=1S/C5H9FINO2/c6-3(1-8)5(7)4(10)2-9/h1,3-5,8-10H,2H2/t3-,4-,5-/m1/s1. The third-order valence-corrected chi connectivity index (χ3v) is 2.54. The lowest BCUT2D eigenvalue weighted by atomic mass is 10.2. The van der Waals surface area contributed by atoms with Crippen LogP contribution in [0.1, 0.15) is 0 Å². The molecule has 0 spiro atoms. The van der Waals surface area contributed by atoms with Crippen LogP contribution in [0.5, 0.6) is 0 Å². The number of alkyl halides is 2. The van der Waals surface area contributed by atoms with E-state index in [0.29, 0.717) is 6.21 Å². The first kappa shape index (κ1) is 10.2. The molecule has 0 aromatic rings. The van der Waals surface area contributed by atoms with Gasteiger partial charge in [0.15, 0.2) is 0 Å². The third-order valence-electron chi connectivity index (χ3n) is 1.02. The lowest BCUT2D eigenvalue weighted by Crippen LogP contribution is -2.32. The van der Waals surface area contributed by atoms with Gasteiger partial charge in [0.25, 0.3) is 0 Å². The minimum atomic E-state index is -1.48. The second kappa shape index (κ2) is 4.97. The van der Waals surface area contributed by atoms with Gasteiger partial charge in [-0.15, -0.1) is 0 Å². The Bertz CT molecular complexity index is 114. The largest absolute Gasteiger partial charge is 0.394 e. The summed E-state index contributed by atoms with van der Waals surface area (Å²) in [5.41, 5.74) is 0. The predicted octanol–water partition coefficient (Wildman–Crippen LogP) is 0.131. The quantitative estimate of drug-likeness (QED) is 0.382. The zero-order chi connectivity index (χ0) is 8.15. The summed E-state index contributed by atoms with van der Waals surface area (Å²) in [4.78, 5) is 0. The summed E-state index contributed by atoms with van der Waals surface area (Å²) < 4.78 is 11.7. The highest BCUT2D eigenvalue weighted by Crippen LogP contribution is 2.12. The van der Waals surface area contributed by atoms with Crippen molar-refractivity contribution in [2.75, 3.05) is 6.61 Å². The molecule has 0 fully saturated rings. The molecule has 5 heteroatoms. The molecule has 0 aromatic carbocycles. The molecule has 60 valence electrons. The van der Waals surface area contributed by atoms with Crippen molar-refractivity contribution in [3.63, 3.8) is 0 Å². The second-order valence-corrected chi connectivity index (χ2v) is 3.24. The molecule has 0 saturated carbocycles. The molecule has 3 atom stereocenters. The van der Waals surface area contributed by atoms with E-state index in [1.807, 2.05) is 0 Å². The van der Waals surface area contributed by atoms with E-state index in [-0.39, 0.29) is 0 Å². The fourth-order valence-electron chi connectivity index (χ4n) is 0.405. The summed E-state index contributed by atoms with van der Waals surface area (Å²) in [5, 5.41) is 23.7. The van der Waals surface area contributed by atoms with Crippen molar-refractivity contribution in [2.45, 2.75) is 16.2 Å². The SMILES string of the molecule is N=C[C@@H](F)[C@@H](I)[C@H](O)CO. The number of hydrogen-bond acceptors (Lipinski definition) is 3. The van der Waals surface area contributed by atoms with Crippen LogP contribution in [0.2, 0.25) is 0 Å². The lowest BCUT2D eigenvalue weighted by molar-refractivity contribution is 0.0859. The van der Waals surface area contributed by atoms with E-state index >= 15 is 0 Å². The topological polar surface area (TPSA) is 64.3 Å². The van der Waals surface area contributed by atoms with Crippen LogP contribution >= 0.6 is 22.6 Å². The first-order chi connectivity index (χ1) is 4.63. The Morgan fingerprint density at radius 2 is 2.20 bits per heavy atom. The van der Waals surface area contributed by atoms with Gasteiger partial charge in [-0.3, -0.25) is 0 Å². The van der Waals surface area contributed by atoms with Gasteiger partial charge in [-0.25, -0.2) is 4.39 Å². The first-order valence-corrected chi connectivity index (χ1v) is 3.95. The molecule has 0 aliphatic rings. The monoisotopic (exact) mass is 261 g/mol. The maximum Gasteiger partial charge on any atom is 0.149 e. The van der Waals surface area contributed by atoms with E-state index in [2.05, 4.69) is 0 Å². The van der Waals surface area contributed by atoms with Crippen LogP contribution < -0.4 is 0 Å². The van der Waals surface area contributed by atoms with Crippen molar-refractivity contribution in [1.82, 2.24) is 0 Å². The van der Waals surface area contributed by atoms with Crippen LogP contribution in [0.15, 0.2) is 0 Å². The maximum absolute atomic E-state index is 12.4. The maximum atomic E-state index is 12.4. The summed E-state index contributed by atoms with van der Waals surface area (Å²) in [6, 6.07) is 0. The molecule has 0 aromatic heterocycles. The zero-order valence-corrected chi connectivity index (χ0v) is 7.32. The molecule has 0 aliphatic heterocycles. The highest BCUT2D eigenvalue weighted by molar-refractivity contribution is 14.1. The second-order valence-electron chi connectivity index (χ2n) is 1.81. The first-order valence-electron chi connectivity index (χ1n) is 2.71. The number of aliphatic hydroxyl groups excluding tert-OH is 2. The highest BCUT2D eigenvalue weighted by Gasteiger charge is 2.22. The van der Waals surface area contributed by atoms with Crippen LogP contribution in [0.25, 0.3) is 0 Å². The fourth-order valence-corrected chi connectivity index (χ4v) is 0.840. The van der Waals surface area contributed by atoms with E-state index in [0.717, 1.165) is 0 Å². The number of aliphatic hydroxyl groups is 2. The average molecular weight is 261 g/mol. The Hall–Kier alpha value is 0.250. The van der Waals surface area contributed by atoms with Crippen molar-refractivity contribution >= 4 is 28.8 Å². The van der Waals surface area contributed by atoms with Crippen LogP contribution in [-0.2, 0) is 0 Å². The molecule has 0 unspecified atom stereocenters. The van der Waals surface area contributed by atoms with Gasteiger partial charge in [0.05, 0.1) is 16.6 Å². The summed E-state index contributed by atoms with van der Waals surface area (Å²) in [6.45, 7) is -0.470. The van der Waals surface area contributed by atoms with Gasteiger partial charge in [0.2, 0.25) is 0 Å². The predicted molar refractivity (Wildman–Crippen MR) is 44.6 cm³/mol. The zero-order valence-electron chi connectivity index (χ0n) is 5.17. The molecule has 0 amide bonds. The van der Waals surface area contributed by atoms with E-state index in [9.17, 15) is 4.39 Å². The highest BCUT2D eigenvalue weighted by atomic mass is 127. The van der Waals surface area contributed by atoms with Gasteiger partial charge in [-0.1, -0.05) is 22.6 Å². The molecule has 0 rings (SSSR count). The summed E-state index contributed by atoms with van der Waals surface area (Å²) in [7, 11) is 0. The number of rotatable bonds is 4. The molecule has 0 saturated heterocycles. The third kappa shape index (κ3) is 2.89. The number of nitrogens with one attached hydrogen (secondary N) is 1. The van der Waals surface area contributed by atoms with Gasteiger partial charge in [-0.2, -0.15) is 0 Å². The van der Waals surface area contributed by atoms with E-state index in [4.69, 9.17) is 15.6 Å².